The highest BCUT2D eigenvalue weighted by molar-refractivity contribution is 4.94. The average Bonchev–Trinajstić information content (AvgIpc) is 1.80. The van der Waals surface area contributed by atoms with E-state index in [0.717, 1.165) is 12.8 Å². The van der Waals surface area contributed by atoms with Gasteiger partial charge in [0.2, 0.25) is 0 Å². The predicted molar refractivity (Wildman–Crippen MR) is 46.5 cm³/mol. The van der Waals surface area contributed by atoms with Gasteiger partial charge in [-0.2, -0.15) is 0 Å². The molecule has 66 valence electrons. The molecule has 0 aliphatic heterocycles. The van der Waals surface area contributed by atoms with E-state index in [0.29, 0.717) is 5.92 Å². The standard InChI is InChI=1S/C9H19NO/c1-9(2,10(3)4)7-5-8(11)6-7/h7-8,11H,5-6H2,1-4H3. The average molecular weight is 157 g/mol. The van der Waals surface area contributed by atoms with E-state index in [1.54, 1.807) is 0 Å². The summed E-state index contributed by atoms with van der Waals surface area (Å²) in [7, 11) is 4.20. The van der Waals surface area contributed by atoms with Crippen molar-refractivity contribution in [3.8, 4) is 0 Å². The van der Waals surface area contributed by atoms with Gasteiger partial charge in [-0.05, 0) is 46.7 Å². The number of nitrogens with zero attached hydrogens (tertiary/aromatic N) is 1. The Morgan fingerprint density at radius 3 is 2.00 bits per heavy atom. The van der Waals surface area contributed by atoms with E-state index in [9.17, 15) is 0 Å². The van der Waals surface area contributed by atoms with Crippen LogP contribution in [0.15, 0.2) is 0 Å². The van der Waals surface area contributed by atoms with Crippen LogP contribution in [0.25, 0.3) is 0 Å². The third kappa shape index (κ3) is 1.57. The topological polar surface area (TPSA) is 23.5 Å². The lowest BCUT2D eigenvalue weighted by atomic mass is 9.70. The molecule has 0 saturated heterocycles. The fourth-order valence-electron chi connectivity index (χ4n) is 1.53. The van der Waals surface area contributed by atoms with Gasteiger partial charge in [0, 0.05) is 5.54 Å². The van der Waals surface area contributed by atoms with Gasteiger partial charge in [0.15, 0.2) is 0 Å². The zero-order valence-electron chi connectivity index (χ0n) is 7.96. The zero-order valence-corrected chi connectivity index (χ0v) is 7.96. The lowest BCUT2D eigenvalue weighted by Gasteiger charge is -2.47. The molecule has 1 saturated carbocycles. The molecule has 1 aliphatic rings. The van der Waals surface area contributed by atoms with Crippen molar-refractivity contribution in [3.05, 3.63) is 0 Å². The van der Waals surface area contributed by atoms with Crippen molar-refractivity contribution in [3.63, 3.8) is 0 Å². The highest BCUT2D eigenvalue weighted by Gasteiger charge is 2.40. The summed E-state index contributed by atoms with van der Waals surface area (Å²) < 4.78 is 0. The summed E-state index contributed by atoms with van der Waals surface area (Å²) in [6, 6.07) is 0. The molecule has 2 heteroatoms. The minimum absolute atomic E-state index is 0.0285. The van der Waals surface area contributed by atoms with Crippen molar-refractivity contribution in [1.29, 1.82) is 0 Å². The Bertz CT molecular complexity index is 136. The quantitative estimate of drug-likeness (QED) is 0.649. The third-order valence-corrected chi connectivity index (χ3v) is 3.26. The monoisotopic (exact) mass is 157 g/mol. The maximum absolute atomic E-state index is 9.14. The van der Waals surface area contributed by atoms with Gasteiger partial charge in [-0.15, -0.1) is 0 Å². The van der Waals surface area contributed by atoms with Crippen LogP contribution in [0.5, 0.6) is 0 Å². The van der Waals surface area contributed by atoms with E-state index >= 15 is 0 Å². The van der Waals surface area contributed by atoms with Crippen LogP contribution in [-0.4, -0.2) is 35.7 Å². The Kier molecular flexibility index (Phi) is 2.26. The van der Waals surface area contributed by atoms with Gasteiger partial charge in [0.05, 0.1) is 6.10 Å². The Morgan fingerprint density at radius 2 is 1.73 bits per heavy atom. The molecular weight excluding hydrogens is 138 g/mol. The smallest absolute Gasteiger partial charge is 0.0547 e. The van der Waals surface area contributed by atoms with Crippen LogP contribution in [0.2, 0.25) is 0 Å². The van der Waals surface area contributed by atoms with E-state index < -0.39 is 0 Å². The first kappa shape index (κ1) is 9.01. The van der Waals surface area contributed by atoms with Crippen LogP contribution >= 0.6 is 0 Å². The first-order valence-corrected chi connectivity index (χ1v) is 4.30. The molecule has 0 unspecified atom stereocenters. The van der Waals surface area contributed by atoms with Crippen LogP contribution in [0.1, 0.15) is 26.7 Å². The summed E-state index contributed by atoms with van der Waals surface area (Å²) in [5, 5.41) is 9.14. The van der Waals surface area contributed by atoms with Crippen LogP contribution in [0.3, 0.4) is 0 Å². The highest BCUT2D eigenvalue weighted by Crippen LogP contribution is 2.38. The van der Waals surface area contributed by atoms with Crippen molar-refractivity contribution in [1.82, 2.24) is 4.90 Å². The Hall–Kier alpha value is -0.0800. The molecule has 0 aromatic heterocycles. The first-order valence-electron chi connectivity index (χ1n) is 4.30. The molecule has 1 N–H and O–H groups in total. The van der Waals surface area contributed by atoms with Crippen molar-refractivity contribution in [2.24, 2.45) is 5.92 Å². The molecule has 11 heavy (non-hydrogen) atoms. The molecule has 0 aromatic rings. The van der Waals surface area contributed by atoms with E-state index in [1.165, 1.54) is 0 Å². The van der Waals surface area contributed by atoms with Crippen LogP contribution in [0.4, 0.5) is 0 Å². The van der Waals surface area contributed by atoms with Crippen LogP contribution in [-0.2, 0) is 0 Å². The molecule has 1 rings (SSSR count). The molecule has 0 atom stereocenters. The SMILES string of the molecule is CN(C)C(C)(C)C1CC(O)C1. The summed E-state index contributed by atoms with van der Waals surface area (Å²) in [5.41, 5.74) is 0.249. The molecule has 2 nitrogen and oxygen atoms in total. The minimum Gasteiger partial charge on any atom is -0.393 e. The molecule has 0 aromatic carbocycles. The molecular formula is C9H19NO. The van der Waals surface area contributed by atoms with Gasteiger partial charge in [-0.25, -0.2) is 0 Å². The second kappa shape index (κ2) is 2.76. The summed E-state index contributed by atoms with van der Waals surface area (Å²) >= 11 is 0. The molecule has 0 spiro atoms. The second-order valence-corrected chi connectivity index (χ2v) is 4.37. The molecule has 1 fully saturated rings. The lowest BCUT2D eigenvalue weighted by Crippen LogP contribution is -2.51. The van der Waals surface area contributed by atoms with Crippen molar-refractivity contribution < 1.29 is 5.11 Å². The Labute approximate surface area is 69.2 Å². The predicted octanol–water partition coefficient (Wildman–Crippen LogP) is 1.10. The number of hydrogen-bond acceptors (Lipinski definition) is 2. The Balaban J connectivity index is 2.46. The number of rotatable bonds is 2. The van der Waals surface area contributed by atoms with Gasteiger partial charge in [-0.3, -0.25) is 0 Å². The molecule has 0 amide bonds. The summed E-state index contributed by atoms with van der Waals surface area (Å²) in [6.45, 7) is 4.48. The molecule has 0 heterocycles. The first-order chi connectivity index (χ1) is 4.94. The molecule has 1 aliphatic carbocycles. The Morgan fingerprint density at radius 1 is 1.27 bits per heavy atom. The van der Waals surface area contributed by atoms with Crippen LogP contribution < -0.4 is 0 Å². The number of hydrogen-bond donors (Lipinski definition) is 1. The van der Waals surface area contributed by atoms with Crippen molar-refractivity contribution in [2.45, 2.75) is 38.3 Å². The van der Waals surface area contributed by atoms with E-state index in [2.05, 4.69) is 32.8 Å². The fourth-order valence-corrected chi connectivity index (χ4v) is 1.53. The lowest BCUT2D eigenvalue weighted by molar-refractivity contribution is -0.0308. The molecule has 0 bridgehead atoms. The minimum atomic E-state index is -0.0285. The van der Waals surface area contributed by atoms with Gasteiger partial charge in [-0.1, -0.05) is 0 Å². The maximum Gasteiger partial charge on any atom is 0.0547 e. The van der Waals surface area contributed by atoms with Gasteiger partial charge in [0.1, 0.15) is 0 Å². The number of aliphatic hydroxyl groups is 1. The zero-order chi connectivity index (χ0) is 8.65. The van der Waals surface area contributed by atoms with E-state index in [4.69, 9.17) is 5.11 Å². The van der Waals surface area contributed by atoms with Gasteiger partial charge in [0.25, 0.3) is 0 Å². The van der Waals surface area contributed by atoms with Crippen molar-refractivity contribution >= 4 is 0 Å². The molecule has 0 radical (unpaired) electrons. The van der Waals surface area contributed by atoms with Gasteiger partial charge >= 0.3 is 0 Å². The summed E-state index contributed by atoms with van der Waals surface area (Å²) in [4.78, 5) is 2.24. The van der Waals surface area contributed by atoms with Crippen LogP contribution in [0, 0.1) is 5.92 Å². The largest absolute Gasteiger partial charge is 0.393 e. The normalized spacial score (nSPS) is 32.2. The second-order valence-electron chi connectivity index (χ2n) is 4.37. The summed E-state index contributed by atoms with van der Waals surface area (Å²) in [6.07, 6.45) is 1.93. The third-order valence-electron chi connectivity index (χ3n) is 3.26. The number of aliphatic hydroxyl groups excluding tert-OH is 1. The maximum atomic E-state index is 9.14. The van der Waals surface area contributed by atoms with E-state index in [1.807, 2.05) is 0 Å². The fraction of sp³-hybridized carbons (Fsp3) is 1.00. The van der Waals surface area contributed by atoms with Crippen molar-refractivity contribution in [2.75, 3.05) is 14.1 Å². The van der Waals surface area contributed by atoms with Gasteiger partial charge < -0.3 is 10.0 Å². The summed E-state index contributed by atoms with van der Waals surface area (Å²) in [5.74, 6) is 0.674. The van der Waals surface area contributed by atoms with E-state index in [-0.39, 0.29) is 11.6 Å². The highest BCUT2D eigenvalue weighted by atomic mass is 16.3.